The second-order valence-corrected chi connectivity index (χ2v) is 6.10. The highest BCUT2D eigenvalue weighted by molar-refractivity contribution is 5.56. The Bertz CT molecular complexity index is 849. The maximum absolute atomic E-state index is 13.0. The highest BCUT2D eigenvalue weighted by Gasteiger charge is 2.38. The fourth-order valence-electron chi connectivity index (χ4n) is 2.89. The van der Waals surface area contributed by atoms with Gasteiger partial charge < -0.3 is 5.32 Å². The van der Waals surface area contributed by atoms with E-state index in [1.165, 1.54) is 12.1 Å². The molecule has 3 aromatic rings. The van der Waals surface area contributed by atoms with Gasteiger partial charge in [-0.2, -0.15) is 0 Å². The van der Waals surface area contributed by atoms with E-state index in [0.29, 0.717) is 17.8 Å². The molecule has 120 valence electrons. The molecule has 1 N–H and O–H groups in total. The van der Waals surface area contributed by atoms with Gasteiger partial charge in [-0.15, -0.1) is 0 Å². The van der Waals surface area contributed by atoms with Crippen molar-refractivity contribution in [3.8, 4) is 11.4 Å². The van der Waals surface area contributed by atoms with Gasteiger partial charge in [0, 0.05) is 41.7 Å². The Morgan fingerprint density at radius 1 is 1.12 bits per heavy atom. The third-order valence-corrected chi connectivity index (χ3v) is 4.20. The van der Waals surface area contributed by atoms with E-state index >= 15 is 0 Å². The molecule has 2 atom stereocenters. The molecular weight excluding hydrogens is 303 g/mol. The maximum atomic E-state index is 13.0. The van der Waals surface area contributed by atoms with Gasteiger partial charge in [0.25, 0.3) is 0 Å². The summed E-state index contributed by atoms with van der Waals surface area (Å²) in [6, 6.07) is 12.8. The van der Waals surface area contributed by atoms with Crippen LogP contribution < -0.4 is 5.32 Å². The monoisotopic (exact) mass is 320 g/mol. The number of halogens is 1. The Kier molecular flexibility index (Phi) is 3.69. The van der Waals surface area contributed by atoms with Crippen LogP contribution in [0.5, 0.6) is 0 Å². The minimum atomic E-state index is -0.198. The summed E-state index contributed by atoms with van der Waals surface area (Å²) >= 11 is 0. The first-order chi connectivity index (χ1) is 11.7. The summed E-state index contributed by atoms with van der Waals surface area (Å²) in [5.41, 5.74) is 2.97. The van der Waals surface area contributed by atoms with E-state index in [2.05, 4.69) is 20.3 Å². The zero-order valence-corrected chi connectivity index (χ0v) is 13.3. The molecule has 1 saturated carbocycles. The summed E-state index contributed by atoms with van der Waals surface area (Å²) in [5.74, 6) is 1.69. The van der Waals surface area contributed by atoms with Gasteiger partial charge in [0.1, 0.15) is 11.6 Å². The van der Waals surface area contributed by atoms with Crippen LogP contribution in [-0.2, 0) is 0 Å². The molecule has 2 heterocycles. The van der Waals surface area contributed by atoms with E-state index in [-0.39, 0.29) is 5.82 Å². The molecule has 0 aliphatic heterocycles. The number of hydrogen-bond acceptors (Lipinski definition) is 4. The molecule has 0 unspecified atom stereocenters. The number of anilines is 1. The smallest absolute Gasteiger partial charge is 0.163 e. The standard InChI is InChI=1S/C19H17FN4/c1-12-9-18(24-19(22-12)14-3-2-8-21-11-14)23-17-10-16(17)13-4-6-15(20)7-5-13/h2-9,11,16-17H,10H2,1H3,(H,22,23,24)/t16-,17+/m0/s1. The van der Waals surface area contributed by atoms with Crippen molar-refractivity contribution in [1.82, 2.24) is 15.0 Å². The molecule has 0 spiro atoms. The topological polar surface area (TPSA) is 50.7 Å². The van der Waals surface area contributed by atoms with Gasteiger partial charge in [0.05, 0.1) is 0 Å². The van der Waals surface area contributed by atoms with Crippen molar-refractivity contribution in [1.29, 1.82) is 0 Å². The van der Waals surface area contributed by atoms with Gasteiger partial charge in [-0.1, -0.05) is 12.1 Å². The van der Waals surface area contributed by atoms with Crippen LogP contribution in [0.25, 0.3) is 11.4 Å². The summed E-state index contributed by atoms with van der Waals surface area (Å²) in [6.45, 7) is 1.96. The van der Waals surface area contributed by atoms with Crippen LogP contribution in [0.4, 0.5) is 10.2 Å². The summed E-state index contributed by atoms with van der Waals surface area (Å²) in [6.07, 6.45) is 4.52. The van der Waals surface area contributed by atoms with Crippen LogP contribution in [-0.4, -0.2) is 21.0 Å². The Hall–Kier alpha value is -2.82. The van der Waals surface area contributed by atoms with Crippen LogP contribution in [0, 0.1) is 12.7 Å². The number of benzene rings is 1. The lowest BCUT2D eigenvalue weighted by Gasteiger charge is -2.08. The van der Waals surface area contributed by atoms with Gasteiger partial charge in [-0.05, 0) is 43.2 Å². The minimum Gasteiger partial charge on any atom is -0.367 e. The largest absolute Gasteiger partial charge is 0.367 e. The van der Waals surface area contributed by atoms with Crippen molar-refractivity contribution < 1.29 is 4.39 Å². The highest BCUT2D eigenvalue weighted by atomic mass is 19.1. The predicted octanol–water partition coefficient (Wildman–Crippen LogP) is 3.95. The first-order valence-corrected chi connectivity index (χ1v) is 7.97. The third-order valence-electron chi connectivity index (χ3n) is 4.20. The number of nitrogens with zero attached hydrogens (tertiary/aromatic N) is 3. The van der Waals surface area contributed by atoms with E-state index in [4.69, 9.17) is 0 Å². The van der Waals surface area contributed by atoms with Gasteiger partial charge >= 0.3 is 0 Å². The maximum Gasteiger partial charge on any atom is 0.163 e. The molecule has 2 aromatic heterocycles. The lowest BCUT2D eigenvalue weighted by Crippen LogP contribution is -2.07. The van der Waals surface area contributed by atoms with Crippen LogP contribution in [0.3, 0.4) is 0 Å². The highest BCUT2D eigenvalue weighted by Crippen LogP contribution is 2.42. The SMILES string of the molecule is Cc1cc(N[C@@H]2C[C@H]2c2ccc(F)cc2)nc(-c2cccnc2)n1. The molecule has 1 aliphatic rings. The lowest BCUT2D eigenvalue weighted by atomic mass is 10.1. The molecule has 4 rings (SSSR count). The number of aryl methyl sites for hydroxylation is 1. The third kappa shape index (κ3) is 3.11. The normalized spacial score (nSPS) is 19.1. The van der Waals surface area contributed by atoms with Crippen LogP contribution >= 0.6 is 0 Å². The molecular formula is C19H17FN4. The van der Waals surface area contributed by atoms with Crippen molar-refractivity contribution >= 4 is 5.82 Å². The molecule has 1 aromatic carbocycles. The van der Waals surface area contributed by atoms with E-state index in [9.17, 15) is 4.39 Å². The van der Waals surface area contributed by atoms with Gasteiger partial charge in [-0.25, -0.2) is 14.4 Å². The Morgan fingerprint density at radius 2 is 1.96 bits per heavy atom. The molecule has 1 aliphatic carbocycles. The lowest BCUT2D eigenvalue weighted by molar-refractivity contribution is 0.627. The quantitative estimate of drug-likeness (QED) is 0.791. The van der Waals surface area contributed by atoms with E-state index < -0.39 is 0 Å². The number of pyridine rings is 1. The van der Waals surface area contributed by atoms with Crippen LogP contribution in [0.15, 0.2) is 54.9 Å². The van der Waals surface area contributed by atoms with Crippen LogP contribution in [0.1, 0.15) is 23.6 Å². The second-order valence-electron chi connectivity index (χ2n) is 6.10. The van der Waals surface area contributed by atoms with Gasteiger partial charge in [0.2, 0.25) is 0 Å². The second kappa shape index (κ2) is 6.00. The molecule has 5 heteroatoms. The fraction of sp³-hybridized carbons (Fsp3) is 0.211. The minimum absolute atomic E-state index is 0.198. The summed E-state index contributed by atoms with van der Waals surface area (Å²) < 4.78 is 13.0. The Morgan fingerprint density at radius 3 is 2.71 bits per heavy atom. The average molecular weight is 320 g/mol. The van der Waals surface area contributed by atoms with E-state index in [1.54, 1.807) is 12.4 Å². The fourth-order valence-corrected chi connectivity index (χ4v) is 2.89. The van der Waals surface area contributed by atoms with Crippen molar-refractivity contribution in [2.75, 3.05) is 5.32 Å². The molecule has 0 radical (unpaired) electrons. The van der Waals surface area contributed by atoms with Crippen LogP contribution in [0.2, 0.25) is 0 Å². The molecule has 4 nitrogen and oxygen atoms in total. The average Bonchev–Trinajstić information content (AvgIpc) is 3.35. The molecule has 1 fully saturated rings. The first kappa shape index (κ1) is 14.8. The van der Waals surface area contributed by atoms with E-state index in [1.807, 2.05) is 37.3 Å². The summed E-state index contributed by atoms with van der Waals surface area (Å²) in [5, 5.41) is 3.46. The summed E-state index contributed by atoms with van der Waals surface area (Å²) in [7, 11) is 0. The molecule has 24 heavy (non-hydrogen) atoms. The van der Waals surface area contributed by atoms with E-state index in [0.717, 1.165) is 29.1 Å². The number of rotatable bonds is 4. The van der Waals surface area contributed by atoms with Crippen molar-refractivity contribution in [2.24, 2.45) is 0 Å². The number of aromatic nitrogens is 3. The van der Waals surface area contributed by atoms with Crippen molar-refractivity contribution in [3.63, 3.8) is 0 Å². The predicted molar refractivity (Wildman–Crippen MR) is 91.2 cm³/mol. The Balaban J connectivity index is 1.52. The molecule has 0 bridgehead atoms. The number of nitrogens with one attached hydrogen (secondary N) is 1. The van der Waals surface area contributed by atoms with Crippen molar-refractivity contribution in [2.45, 2.75) is 25.3 Å². The van der Waals surface area contributed by atoms with Gasteiger partial charge in [0.15, 0.2) is 5.82 Å². The zero-order chi connectivity index (χ0) is 16.5. The first-order valence-electron chi connectivity index (χ1n) is 7.97. The Labute approximate surface area is 139 Å². The van der Waals surface area contributed by atoms with Gasteiger partial charge in [-0.3, -0.25) is 4.98 Å². The zero-order valence-electron chi connectivity index (χ0n) is 13.3. The van der Waals surface area contributed by atoms with Crippen molar-refractivity contribution in [3.05, 3.63) is 71.9 Å². The molecule has 0 saturated heterocycles. The molecule has 0 amide bonds. The number of hydrogen-bond donors (Lipinski definition) is 1. The summed E-state index contributed by atoms with van der Waals surface area (Å²) in [4.78, 5) is 13.2.